The molecule has 4 aromatic rings. The predicted molar refractivity (Wildman–Crippen MR) is 134 cm³/mol. The zero-order valence-electron chi connectivity index (χ0n) is 20.4. The van der Waals surface area contributed by atoms with E-state index < -0.39 is 28.8 Å². The molecule has 0 saturated heterocycles. The van der Waals surface area contributed by atoms with Crippen LogP contribution in [-0.4, -0.2) is 36.5 Å². The second-order valence-electron chi connectivity index (χ2n) is 8.97. The van der Waals surface area contributed by atoms with Crippen molar-refractivity contribution in [3.8, 4) is 11.4 Å². The molecule has 2 aromatic heterocycles. The summed E-state index contributed by atoms with van der Waals surface area (Å²) in [5, 5.41) is 10.0. The minimum atomic E-state index is -1.39. The van der Waals surface area contributed by atoms with E-state index in [1.165, 1.54) is 13.7 Å². The van der Waals surface area contributed by atoms with Gasteiger partial charge in [0.2, 0.25) is 0 Å². The van der Waals surface area contributed by atoms with Gasteiger partial charge in [-0.05, 0) is 60.7 Å². The van der Waals surface area contributed by atoms with Crippen molar-refractivity contribution in [1.29, 1.82) is 0 Å². The summed E-state index contributed by atoms with van der Waals surface area (Å²) in [6, 6.07) is 9.91. The Morgan fingerprint density at radius 1 is 1.03 bits per heavy atom. The summed E-state index contributed by atoms with van der Waals surface area (Å²) in [5.74, 6) is -0.714. The van der Waals surface area contributed by atoms with Gasteiger partial charge in [0.05, 0.1) is 29.9 Å². The molecule has 0 fully saturated rings. The van der Waals surface area contributed by atoms with Gasteiger partial charge in [0.15, 0.2) is 0 Å². The third-order valence-corrected chi connectivity index (χ3v) is 7.16. The first kappa shape index (κ1) is 23.4. The Balaban J connectivity index is 1.83. The number of nitrogens with zero attached hydrogens (tertiary/aromatic N) is 4. The van der Waals surface area contributed by atoms with Crippen molar-refractivity contribution >= 4 is 17.0 Å². The Bertz CT molecular complexity index is 1740. The lowest BCUT2D eigenvalue weighted by molar-refractivity contribution is 0.0691. The van der Waals surface area contributed by atoms with Crippen LogP contribution >= 0.6 is 0 Å². The normalized spacial score (nSPS) is 14.8. The van der Waals surface area contributed by atoms with Gasteiger partial charge in [-0.15, -0.1) is 0 Å². The number of hydrogen-bond donors (Lipinski definition) is 1. The van der Waals surface area contributed by atoms with Crippen molar-refractivity contribution in [2.24, 2.45) is 14.1 Å². The topological polar surface area (TPSA) is 117 Å². The minimum Gasteiger partial charge on any atom is -0.497 e. The first-order valence-electron chi connectivity index (χ1n) is 11.7. The summed E-state index contributed by atoms with van der Waals surface area (Å²) >= 11 is 0. The van der Waals surface area contributed by atoms with Crippen LogP contribution in [0.5, 0.6) is 5.75 Å². The number of methoxy groups -OCH3 is 1. The summed E-state index contributed by atoms with van der Waals surface area (Å²) in [7, 11) is 4.85. The minimum absolute atomic E-state index is 0.113. The summed E-state index contributed by atoms with van der Waals surface area (Å²) < 4.78 is 10.6. The van der Waals surface area contributed by atoms with Crippen molar-refractivity contribution in [3.63, 3.8) is 0 Å². The number of rotatable bonds is 5. The molecule has 1 aliphatic rings. The van der Waals surface area contributed by atoms with E-state index in [1.54, 1.807) is 52.4 Å². The molecule has 10 heteroatoms. The molecule has 0 spiro atoms. The van der Waals surface area contributed by atoms with E-state index in [0.29, 0.717) is 35.3 Å². The summed E-state index contributed by atoms with van der Waals surface area (Å²) in [6.07, 6.45) is 1.25. The van der Waals surface area contributed by atoms with Crippen LogP contribution in [0.25, 0.3) is 16.7 Å². The van der Waals surface area contributed by atoms with Crippen molar-refractivity contribution in [2.45, 2.75) is 32.2 Å². The predicted octanol–water partition coefficient (Wildman–Crippen LogP) is 1.99. The van der Waals surface area contributed by atoms with Crippen LogP contribution in [0.1, 0.15) is 46.6 Å². The van der Waals surface area contributed by atoms with E-state index in [0.717, 1.165) is 15.7 Å². The van der Waals surface area contributed by atoms with Crippen LogP contribution in [0.4, 0.5) is 0 Å². The average Bonchev–Trinajstić information content (AvgIpc) is 3.37. The van der Waals surface area contributed by atoms with Gasteiger partial charge in [0, 0.05) is 19.8 Å². The molecular formula is C26H26N4O6. The molecule has 1 N–H and O–H groups in total. The summed E-state index contributed by atoms with van der Waals surface area (Å²) in [4.78, 5) is 52.3. The summed E-state index contributed by atoms with van der Waals surface area (Å²) in [5.41, 5.74) is 1.41. The molecule has 1 aliphatic carbocycles. The highest BCUT2D eigenvalue weighted by atomic mass is 16.5. The maximum Gasteiger partial charge on any atom is 0.343 e. The second-order valence-corrected chi connectivity index (χ2v) is 8.97. The number of aromatic nitrogens is 4. The largest absolute Gasteiger partial charge is 0.497 e. The van der Waals surface area contributed by atoms with Crippen LogP contribution in [0, 0.1) is 0 Å². The number of carboxylic acid groups (broad SMARTS) is 1. The van der Waals surface area contributed by atoms with E-state index in [4.69, 9.17) is 4.74 Å². The lowest BCUT2D eigenvalue weighted by atomic mass is 10.1. The fourth-order valence-corrected chi connectivity index (χ4v) is 5.36. The molecule has 5 rings (SSSR count). The highest BCUT2D eigenvalue weighted by Gasteiger charge is 2.32. The molecule has 0 bridgehead atoms. The van der Waals surface area contributed by atoms with Gasteiger partial charge in [0.25, 0.3) is 5.56 Å². The maximum absolute atomic E-state index is 14.0. The molecular weight excluding hydrogens is 464 g/mol. The van der Waals surface area contributed by atoms with E-state index in [9.17, 15) is 24.3 Å². The van der Waals surface area contributed by atoms with Crippen LogP contribution in [0.3, 0.4) is 0 Å². The molecule has 186 valence electrons. The SMILES string of the molecule is CCc1c(C(=O)O)c(=O)n(C2CCc3cc(OC)ccc32)c(=O)n1-c1ccc2c(c1)n(C)c(=O)n2C. The number of carbonyl (C=O) groups is 1. The standard InChI is InChI=1S/C26H26N4O6/c1-5-18-22(24(32)33)23(31)30(19-10-6-14-12-16(36-4)8-9-17(14)19)26(35)29(18)15-7-11-20-21(13-15)28(3)25(34)27(20)2/h7-9,11-13,19H,5-6,10H2,1-4H3,(H,32,33). The molecule has 36 heavy (non-hydrogen) atoms. The molecule has 0 saturated carbocycles. The van der Waals surface area contributed by atoms with Gasteiger partial charge in [-0.25, -0.2) is 14.4 Å². The fourth-order valence-electron chi connectivity index (χ4n) is 5.36. The molecule has 0 amide bonds. The van der Waals surface area contributed by atoms with Gasteiger partial charge in [-0.2, -0.15) is 0 Å². The number of aryl methyl sites for hydroxylation is 3. The van der Waals surface area contributed by atoms with Crippen molar-refractivity contribution in [1.82, 2.24) is 18.3 Å². The quantitative estimate of drug-likeness (QED) is 0.457. The van der Waals surface area contributed by atoms with Crippen molar-refractivity contribution in [3.05, 3.63) is 90.1 Å². The van der Waals surface area contributed by atoms with Crippen LogP contribution in [-0.2, 0) is 26.9 Å². The monoisotopic (exact) mass is 490 g/mol. The Morgan fingerprint density at radius 3 is 2.42 bits per heavy atom. The zero-order valence-corrected chi connectivity index (χ0v) is 20.4. The fraction of sp³-hybridized carbons (Fsp3) is 0.308. The number of hydrogen-bond acceptors (Lipinski definition) is 5. The van der Waals surface area contributed by atoms with E-state index in [2.05, 4.69) is 0 Å². The highest BCUT2D eigenvalue weighted by Crippen LogP contribution is 2.35. The lowest BCUT2D eigenvalue weighted by Crippen LogP contribution is -2.46. The van der Waals surface area contributed by atoms with E-state index in [-0.39, 0.29) is 17.8 Å². The number of carboxylic acids is 1. The maximum atomic E-state index is 14.0. The van der Waals surface area contributed by atoms with Crippen LogP contribution in [0.2, 0.25) is 0 Å². The van der Waals surface area contributed by atoms with Gasteiger partial charge in [-0.1, -0.05) is 13.0 Å². The highest BCUT2D eigenvalue weighted by molar-refractivity contribution is 5.88. The average molecular weight is 491 g/mol. The number of imidazole rings is 1. The summed E-state index contributed by atoms with van der Waals surface area (Å²) in [6.45, 7) is 1.70. The van der Waals surface area contributed by atoms with E-state index in [1.807, 2.05) is 12.1 Å². The number of aromatic carboxylic acids is 1. The first-order chi connectivity index (χ1) is 17.2. The van der Waals surface area contributed by atoms with Crippen molar-refractivity contribution < 1.29 is 14.6 Å². The third kappa shape index (κ3) is 3.24. The van der Waals surface area contributed by atoms with Crippen LogP contribution < -0.4 is 21.7 Å². The zero-order chi connectivity index (χ0) is 25.9. The molecule has 1 atom stereocenters. The van der Waals surface area contributed by atoms with Gasteiger partial charge >= 0.3 is 17.3 Å². The van der Waals surface area contributed by atoms with E-state index >= 15 is 0 Å². The van der Waals surface area contributed by atoms with Crippen LogP contribution in [0.15, 0.2) is 50.8 Å². The number of fused-ring (bicyclic) bond motifs is 2. The molecule has 2 aromatic carbocycles. The Labute approximate surface area is 205 Å². The van der Waals surface area contributed by atoms with Gasteiger partial charge in [-0.3, -0.25) is 23.1 Å². The molecule has 1 unspecified atom stereocenters. The third-order valence-electron chi connectivity index (χ3n) is 7.16. The van der Waals surface area contributed by atoms with Crippen molar-refractivity contribution in [2.75, 3.05) is 7.11 Å². The molecule has 0 aliphatic heterocycles. The molecule has 2 heterocycles. The smallest absolute Gasteiger partial charge is 0.343 e. The molecule has 0 radical (unpaired) electrons. The lowest BCUT2D eigenvalue weighted by Gasteiger charge is -2.21. The van der Waals surface area contributed by atoms with Gasteiger partial charge in [0.1, 0.15) is 11.3 Å². The van der Waals surface area contributed by atoms with Gasteiger partial charge < -0.3 is 9.84 Å². The first-order valence-corrected chi connectivity index (χ1v) is 11.7. The molecule has 10 nitrogen and oxygen atoms in total. The Kier molecular flexibility index (Phi) is 5.46. The number of ether oxygens (including phenoxy) is 1. The Hall–Kier alpha value is -4.34. The second kappa shape index (κ2) is 8.40. The Morgan fingerprint density at radius 2 is 1.75 bits per heavy atom. The number of benzene rings is 2.